The summed E-state index contributed by atoms with van der Waals surface area (Å²) in [6.07, 6.45) is 11.8. The van der Waals surface area contributed by atoms with E-state index in [9.17, 15) is 9.59 Å². The topological polar surface area (TPSA) is 57.9 Å². The molecule has 0 spiro atoms. The molecule has 32 heavy (non-hydrogen) atoms. The Morgan fingerprint density at radius 1 is 0.938 bits per heavy atom. The fraction of sp³-hybridized carbons (Fsp3) is 0.423. The van der Waals surface area contributed by atoms with E-state index in [1.54, 1.807) is 6.20 Å². The predicted molar refractivity (Wildman–Crippen MR) is 126 cm³/mol. The minimum absolute atomic E-state index is 0.0707. The van der Waals surface area contributed by atoms with E-state index in [-0.39, 0.29) is 5.91 Å². The van der Waals surface area contributed by atoms with Gasteiger partial charge >= 0.3 is 0 Å². The number of amides is 2. The lowest BCUT2D eigenvalue weighted by Gasteiger charge is -2.31. The Labute approximate surface area is 188 Å². The molecule has 3 heterocycles. The Bertz CT molecular complexity index is 1090. The number of aromatic nitrogens is 2. The van der Waals surface area contributed by atoms with Gasteiger partial charge in [-0.25, -0.2) is 4.52 Å². The molecular weight excluding hydrogens is 400 g/mol. The Balaban J connectivity index is 1.43. The summed E-state index contributed by atoms with van der Waals surface area (Å²) in [6.45, 7) is 1.65. The number of fused-ring (bicyclic) bond motifs is 1. The summed E-state index contributed by atoms with van der Waals surface area (Å²) in [7, 11) is 0. The standard InChI is InChI=1S/C26H30N4O2/c31-19-29(21-8-3-1-4-9-21)22-14-12-20(13-15-22)24-10-7-11-25-23(18-27-30(24)25)26(32)28-16-5-2-6-17-28/h7,10-15,18-19,21H,1-6,8-9,16-17H2. The quantitative estimate of drug-likeness (QED) is 0.540. The van der Waals surface area contributed by atoms with Gasteiger partial charge in [0.25, 0.3) is 5.91 Å². The fourth-order valence-corrected chi connectivity index (χ4v) is 5.18. The van der Waals surface area contributed by atoms with Crippen molar-refractivity contribution < 1.29 is 9.59 Å². The van der Waals surface area contributed by atoms with Crippen molar-refractivity contribution in [1.29, 1.82) is 0 Å². The molecule has 2 amide bonds. The summed E-state index contributed by atoms with van der Waals surface area (Å²) in [5, 5.41) is 4.56. The van der Waals surface area contributed by atoms with Gasteiger partial charge in [0.2, 0.25) is 6.41 Å². The molecule has 2 aromatic heterocycles. The van der Waals surface area contributed by atoms with E-state index in [2.05, 4.69) is 5.10 Å². The molecule has 0 bridgehead atoms. The van der Waals surface area contributed by atoms with E-state index in [1.165, 1.54) is 25.7 Å². The lowest BCUT2D eigenvalue weighted by molar-refractivity contribution is -0.108. The van der Waals surface area contributed by atoms with Gasteiger partial charge in [0.1, 0.15) is 0 Å². The molecule has 0 radical (unpaired) electrons. The molecule has 166 valence electrons. The van der Waals surface area contributed by atoms with Crippen molar-refractivity contribution in [2.45, 2.75) is 57.4 Å². The van der Waals surface area contributed by atoms with E-state index in [4.69, 9.17) is 0 Å². The smallest absolute Gasteiger partial charge is 0.257 e. The molecule has 0 atom stereocenters. The third kappa shape index (κ3) is 3.90. The number of pyridine rings is 1. The van der Waals surface area contributed by atoms with E-state index in [1.807, 2.05) is 56.8 Å². The number of likely N-dealkylation sites (tertiary alicyclic amines) is 1. The van der Waals surface area contributed by atoms with Crippen molar-refractivity contribution in [3.8, 4) is 11.3 Å². The van der Waals surface area contributed by atoms with Crippen LogP contribution in [-0.4, -0.2) is 46.0 Å². The van der Waals surface area contributed by atoms with Crippen molar-refractivity contribution in [3.63, 3.8) is 0 Å². The Morgan fingerprint density at radius 3 is 2.38 bits per heavy atom. The summed E-state index contributed by atoms with van der Waals surface area (Å²) < 4.78 is 1.85. The predicted octanol–water partition coefficient (Wildman–Crippen LogP) is 4.92. The highest BCUT2D eigenvalue weighted by Crippen LogP contribution is 2.29. The molecule has 6 heteroatoms. The molecule has 5 rings (SSSR count). The number of hydrogen-bond acceptors (Lipinski definition) is 3. The van der Waals surface area contributed by atoms with Crippen LogP contribution in [0.4, 0.5) is 5.69 Å². The lowest BCUT2D eigenvalue weighted by Crippen LogP contribution is -2.35. The van der Waals surface area contributed by atoms with Crippen molar-refractivity contribution in [3.05, 3.63) is 54.2 Å². The van der Waals surface area contributed by atoms with Gasteiger partial charge in [-0.2, -0.15) is 5.10 Å². The SMILES string of the molecule is O=CN(c1ccc(-c2cccc3c(C(=O)N4CCCCC4)cnn23)cc1)C1CCCCC1. The zero-order valence-corrected chi connectivity index (χ0v) is 18.4. The first-order valence-corrected chi connectivity index (χ1v) is 11.9. The first-order chi connectivity index (χ1) is 15.8. The molecule has 3 aromatic rings. The fourth-order valence-electron chi connectivity index (χ4n) is 5.18. The van der Waals surface area contributed by atoms with Crippen LogP contribution in [0.25, 0.3) is 16.8 Å². The highest BCUT2D eigenvalue weighted by Gasteiger charge is 2.23. The van der Waals surface area contributed by atoms with E-state index in [0.717, 1.165) is 67.6 Å². The summed E-state index contributed by atoms with van der Waals surface area (Å²) in [5.41, 5.74) is 4.37. The van der Waals surface area contributed by atoms with Gasteiger partial charge in [-0.1, -0.05) is 37.5 Å². The highest BCUT2D eigenvalue weighted by molar-refractivity contribution is 6.01. The summed E-state index contributed by atoms with van der Waals surface area (Å²) >= 11 is 0. The number of carbonyl (C=O) groups excluding carboxylic acids is 2. The number of benzene rings is 1. The second-order valence-electron chi connectivity index (χ2n) is 8.97. The first kappa shape index (κ1) is 20.7. The average molecular weight is 431 g/mol. The van der Waals surface area contributed by atoms with Crippen LogP contribution >= 0.6 is 0 Å². The second-order valence-corrected chi connectivity index (χ2v) is 8.97. The lowest BCUT2D eigenvalue weighted by atomic mass is 9.94. The van der Waals surface area contributed by atoms with Crippen molar-refractivity contribution >= 4 is 23.5 Å². The second kappa shape index (κ2) is 9.15. The van der Waals surface area contributed by atoms with Gasteiger partial charge in [-0.15, -0.1) is 0 Å². The van der Waals surface area contributed by atoms with E-state index < -0.39 is 0 Å². The number of piperidine rings is 1. The Morgan fingerprint density at radius 2 is 1.66 bits per heavy atom. The molecular formula is C26H30N4O2. The molecule has 1 saturated heterocycles. The van der Waals surface area contributed by atoms with Gasteiger partial charge < -0.3 is 9.80 Å². The molecule has 0 N–H and O–H groups in total. The third-order valence-corrected chi connectivity index (χ3v) is 6.96. The number of hydrogen-bond donors (Lipinski definition) is 0. The molecule has 1 aromatic carbocycles. The van der Waals surface area contributed by atoms with Crippen LogP contribution < -0.4 is 4.90 Å². The zero-order chi connectivity index (χ0) is 21.9. The molecule has 2 aliphatic rings. The van der Waals surface area contributed by atoms with Crippen LogP contribution in [0.1, 0.15) is 61.7 Å². The number of nitrogens with zero attached hydrogens (tertiary/aromatic N) is 4. The minimum Gasteiger partial charge on any atom is -0.339 e. The summed E-state index contributed by atoms with van der Waals surface area (Å²) in [6, 6.07) is 14.4. The maximum absolute atomic E-state index is 13.1. The Kier molecular flexibility index (Phi) is 5.93. The maximum Gasteiger partial charge on any atom is 0.257 e. The van der Waals surface area contributed by atoms with Gasteiger partial charge in [-0.05, 0) is 56.4 Å². The average Bonchev–Trinajstić information content (AvgIpc) is 3.30. The van der Waals surface area contributed by atoms with Crippen LogP contribution in [-0.2, 0) is 4.79 Å². The Hall–Kier alpha value is -3.15. The molecule has 0 unspecified atom stereocenters. The van der Waals surface area contributed by atoms with Crippen LogP contribution in [0, 0.1) is 0 Å². The molecule has 6 nitrogen and oxygen atoms in total. The normalized spacial score (nSPS) is 17.4. The third-order valence-electron chi connectivity index (χ3n) is 6.96. The van der Waals surface area contributed by atoms with Crippen LogP contribution in [0.2, 0.25) is 0 Å². The largest absolute Gasteiger partial charge is 0.339 e. The van der Waals surface area contributed by atoms with Gasteiger partial charge in [-0.3, -0.25) is 9.59 Å². The van der Waals surface area contributed by atoms with Gasteiger partial charge in [0, 0.05) is 30.4 Å². The number of rotatable bonds is 5. The number of anilines is 1. The first-order valence-electron chi connectivity index (χ1n) is 11.9. The van der Waals surface area contributed by atoms with Crippen LogP contribution in [0.3, 0.4) is 0 Å². The van der Waals surface area contributed by atoms with Crippen LogP contribution in [0.15, 0.2) is 48.7 Å². The van der Waals surface area contributed by atoms with Crippen LogP contribution in [0.5, 0.6) is 0 Å². The molecule has 1 aliphatic carbocycles. The monoisotopic (exact) mass is 430 g/mol. The maximum atomic E-state index is 13.1. The zero-order valence-electron chi connectivity index (χ0n) is 18.4. The van der Waals surface area contributed by atoms with Gasteiger partial charge in [0.05, 0.1) is 23.0 Å². The van der Waals surface area contributed by atoms with Gasteiger partial charge in [0.15, 0.2) is 0 Å². The highest BCUT2D eigenvalue weighted by atomic mass is 16.2. The molecule has 1 aliphatic heterocycles. The summed E-state index contributed by atoms with van der Waals surface area (Å²) in [5.74, 6) is 0.0707. The van der Waals surface area contributed by atoms with E-state index >= 15 is 0 Å². The van der Waals surface area contributed by atoms with Crippen molar-refractivity contribution in [2.75, 3.05) is 18.0 Å². The van der Waals surface area contributed by atoms with Crippen molar-refractivity contribution in [2.24, 2.45) is 0 Å². The van der Waals surface area contributed by atoms with E-state index in [0.29, 0.717) is 11.6 Å². The molecule has 1 saturated carbocycles. The molecule has 2 fully saturated rings. The van der Waals surface area contributed by atoms with Crippen molar-refractivity contribution in [1.82, 2.24) is 14.5 Å². The minimum atomic E-state index is 0.0707. The number of carbonyl (C=O) groups is 2. The summed E-state index contributed by atoms with van der Waals surface area (Å²) in [4.78, 5) is 28.7.